The van der Waals surface area contributed by atoms with Crippen LogP contribution in [0.3, 0.4) is 0 Å². The predicted molar refractivity (Wildman–Crippen MR) is 117 cm³/mol. The molecule has 0 saturated carbocycles. The van der Waals surface area contributed by atoms with Gasteiger partial charge in [-0.2, -0.15) is 4.31 Å². The molecule has 0 amide bonds. The number of aromatic nitrogens is 2. The second-order valence-electron chi connectivity index (χ2n) is 7.36. The van der Waals surface area contributed by atoms with E-state index < -0.39 is 10.0 Å². The summed E-state index contributed by atoms with van der Waals surface area (Å²) in [7, 11) is 0.693. The Labute approximate surface area is 187 Å². The number of methoxy groups -OCH3 is 3. The van der Waals surface area contributed by atoms with E-state index in [0.717, 1.165) is 6.42 Å². The predicted octanol–water partition coefficient (Wildman–Crippen LogP) is 3.33. The zero-order chi connectivity index (χ0) is 22.7. The van der Waals surface area contributed by atoms with Crippen molar-refractivity contribution >= 4 is 10.0 Å². The Morgan fingerprint density at radius 1 is 1.00 bits per heavy atom. The van der Waals surface area contributed by atoms with E-state index in [2.05, 4.69) is 10.2 Å². The third-order valence-corrected chi connectivity index (χ3v) is 7.39. The van der Waals surface area contributed by atoms with Crippen LogP contribution >= 0.6 is 0 Å². The largest absolute Gasteiger partial charge is 0.497 e. The molecule has 170 valence electrons. The number of sulfonamides is 1. The molecule has 1 aliphatic rings. The first kappa shape index (κ1) is 22.1. The van der Waals surface area contributed by atoms with Gasteiger partial charge in [-0.15, -0.1) is 10.2 Å². The fourth-order valence-corrected chi connectivity index (χ4v) is 5.51. The molecule has 0 unspecified atom stereocenters. The number of ether oxygens (including phenoxy) is 3. The highest BCUT2D eigenvalue weighted by molar-refractivity contribution is 7.89. The molecule has 0 bridgehead atoms. The average Bonchev–Trinajstić information content (AvgIpc) is 3.34. The molecule has 1 fully saturated rings. The normalized spacial score (nSPS) is 17.2. The van der Waals surface area contributed by atoms with E-state index in [4.69, 9.17) is 18.6 Å². The highest BCUT2D eigenvalue weighted by atomic mass is 32.2. The minimum absolute atomic E-state index is 0.0697. The topological polar surface area (TPSA) is 104 Å². The van der Waals surface area contributed by atoms with Gasteiger partial charge >= 0.3 is 0 Å². The van der Waals surface area contributed by atoms with Gasteiger partial charge in [-0.05, 0) is 37.1 Å². The third-order valence-electron chi connectivity index (χ3n) is 5.50. The van der Waals surface area contributed by atoms with Crippen molar-refractivity contribution in [1.29, 1.82) is 0 Å². The van der Waals surface area contributed by atoms with Crippen molar-refractivity contribution in [3.05, 3.63) is 48.4 Å². The van der Waals surface area contributed by atoms with Crippen LogP contribution in [0.15, 0.2) is 51.8 Å². The number of hydrogen-bond donors (Lipinski definition) is 0. The maximum absolute atomic E-state index is 13.4. The Kier molecular flexibility index (Phi) is 6.33. The molecular formula is C22H25N3O6S. The Bertz CT molecular complexity index is 1190. The van der Waals surface area contributed by atoms with E-state index in [1.165, 1.54) is 24.6 Å². The second kappa shape index (κ2) is 9.17. The molecular weight excluding hydrogens is 434 g/mol. The Morgan fingerprint density at radius 3 is 2.53 bits per heavy atom. The Balaban J connectivity index is 1.60. The zero-order valence-electron chi connectivity index (χ0n) is 18.1. The third kappa shape index (κ3) is 4.15. The standard InChI is InChI=1S/C22H25N3O6S/c1-28-16-10-11-19(30-3)20(13-16)32(26,27)25-12-6-7-15(14-25)21-23-24-22(31-21)17-8-4-5-9-18(17)29-2/h4-5,8-11,13,15H,6-7,12,14H2,1-3H3/t15-/m0/s1. The number of hydrogen-bond acceptors (Lipinski definition) is 8. The first-order chi connectivity index (χ1) is 15.5. The van der Waals surface area contributed by atoms with Crippen molar-refractivity contribution in [2.75, 3.05) is 34.4 Å². The first-order valence-corrected chi connectivity index (χ1v) is 11.6. The van der Waals surface area contributed by atoms with Crippen LogP contribution in [0.2, 0.25) is 0 Å². The van der Waals surface area contributed by atoms with Gasteiger partial charge in [0.15, 0.2) is 0 Å². The lowest BCUT2D eigenvalue weighted by atomic mass is 10.00. The van der Waals surface area contributed by atoms with E-state index >= 15 is 0 Å². The minimum Gasteiger partial charge on any atom is -0.497 e. The van der Waals surface area contributed by atoms with Crippen molar-refractivity contribution < 1.29 is 27.0 Å². The SMILES string of the molecule is COc1ccc(OC)c(S(=O)(=O)N2CCC[C@H](c3nnc(-c4ccccc4OC)o3)C2)c1. The van der Waals surface area contributed by atoms with Crippen LogP contribution in [-0.4, -0.2) is 57.3 Å². The van der Waals surface area contributed by atoms with Crippen molar-refractivity contribution in [3.8, 4) is 28.7 Å². The van der Waals surface area contributed by atoms with Gasteiger partial charge in [-0.25, -0.2) is 8.42 Å². The molecule has 0 N–H and O–H groups in total. The zero-order valence-corrected chi connectivity index (χ0v) is 19.0. The van der Waals surface area contributed by atoms with Crippen LogP contribution in [0.25, 0.3) is 11.5 Å². The van der Waals surface area contributed by atoms with Gasteiger partial charge in [0, 0.05) is 19.2 Å². The molecule has 2 heterocycles. The molecule has 10 heteroatoms. The fourth-order valence-electron chi connectivity index (χ4n) is 3.82. The number of para-hydroxylation sites is 1. The summed E-state index contributed by atoms with van der Waals surface area (Å²) in [5.74, 6) is 1.86. The smallest absolute Gasteiger partial charge is 0.251 e. The monoisotopic (exact) mass is 459 g/mol. The second-order valence-corrected chi connectivity index (χ2v) is 9.27. The molecule has 1 saturated heterocycles. The van der Waals surface area contributed by atoms with Gasteiger partial charge in [0.2, 0.25) is 15.9 Å². The maximum atomic E-state index is 13.4. The van der Waals surface area contributed by atoms with E-state index in [1.807, 2.05) is 24.3 Å². The Hall–Kier alpha value is -3.11. The van der Waals surface area contributed by atoms with Crippen LogP contribution in [0, 0.1) is 0 Å². The van der Waals surface area contributed by atoms with Crippen molar-refractivity contribution in [3.63, 3.8) is 0 Å². The molecule has 0 spiro atoms. The number of nitrogens with zero attached hydrogens (tertiary/aromatic N) is 3. The van der Waals surface area contributed by atoms with Crippen LogP contribution in [0.1, 0.15) is 24.7 Å². The highest BCUT2D eigenvalue weighted by Gasteiger charge is 2.35. The van der Waals surface area contributed by atoms with Crippen LogP contribution < -0.4 is 14.2 Å². The highest BCUT2D eigenvalue weighted by Crippen LogP contribution is 2.36. The molecule has 0 radical (unpaired) electrons. The summed E-state index contributed by atoms with van der Waals surface area (Å²) >= 11 is 0. The van der Waals surface area contributed by atoms with Gasteiger partial charge in [-0.3, -0.25) is 0 Å². The summed E-state index contributed by atoms with van der Waals surface area (Å²) in [4.78, 5) is 0.0697. The quantitative estimate of drug-likeness (QED) is 0.530. The molecule has 1 aromatic heterocycles. The summed E-state index contributed by atoms with van der Waals surface area (Å²) in [6, 6.07) is 12.1. The fraction of sp³-hybridized carbons (Fsp3) is 0.364. The summed E-state index contributed by atoms with van der Waals surface area (Å²) in [6.45, 7) is 0.628. The minimum atomic E-state index is -3.82. The molecule has 9 nitrogen and oxygen atoms in total. The van der Waals surface area contributed by atoms with Gasteiger partial charge in [-0.1, -0.05) is 12.1 Å². The number of piperidine rings is 1. The van der Waals surface area contributed by atoms with E-state index in [-0.39, 0.29) is 23.1 Å². The summed E-state index contributed by atoms with van der Waals surface area (Å²) < 4.78 is 50.1. The lowest BCUT2D eigenvalue weighted by molar-refractivity contribution is 0.284. The lowest BCUT2D eigenvalue weighted by Gasteiger charge is -2.30. The molecule has 1 aliphatic heterocycles. The maximum Gasteiger partial charge on any atom is 0.251 e. The summed E-state index contributed by atoms with van der Waals surface area (Å²) in [6.07, 6.45) is 1.41. The van der Waals surface area contributed by atoms with E-state index in [1.54, 1.807) is 19.2 Å². The van der Waals surface area contributed by atoms with E-state index in [9.17, 15) is 8.42 Å². The molecule has 2 aromatic carbocycles. The summed E-state index contributed by atoms with van der Waals surface area (Å²) in [5.41, 5.74) is 0.690. The van der Waals surface area contributed by atoms with Gasteiger partial charge < -0.3 is 18.6 Å². The molecule has 3 aromatic rings. The van der Waals surface area contributed by atoms with Gasteiger partial charge in [0.25, 0.3) is 5.89 Å². The molecule has 4 rings (SSSR count). The Morgan fingerprint density at radius 2 is 1.78 bits per heavy atom. The van der Waals surface area contributed by atoms with Crippen molar-refractivity contribution in [2.45, 2.75) is 23.7 Å². The van der Waals surface area contributed by atoms with Crippen LogP contribution in [-0.2, 0) is 10.0 Å². The number of rotatable bonds is 7. The average molecular weight is 460 g/mol. The molecule has 0 aliphatic carbocycles. The van der Waals surface area contributed by atoms with Gasteiger partial charge in [0.05, 0.1) is 32.8 Å². The van der Waals surface area contributed by atoms with E-state index in [0.29, 0.717) is 41.8 Å². The lowest BCUT2D eigenvalue weighted by Crippen LogP contribution is -2.39. The van der Waals surface area contributed by atoms with Crippen molar-refractivity contribution in [2.24, 2.45) is 0 Å². The van der Waals surface area contributed by atoms with Crippen molar-refractivity contribution in [1.82, 2.24) is 14.5 Å². The van der Waals surface area contributed by atoms with Crippen LogP contribution in [0.5, 0.6) is 17.2 Å². The van der Waals surface area contributed by atoms with Gasteiger partial charge in [0.1, 0.15) is 22.1 Å². The molecule has 32 heavy (non-hydrogen) atoms. The number of benzene rings is 2. The first-order valence-electron chi connectivity index (χ1n) is 10.2. The summed E-state index contributed by atoms with van der Waals surface area (Å²) in [5, 5.41) is 8.37. The molecule has 1 atom stereocenters. The van der Waals surface area contributed by atoms with Crippen LogP contribution in [0.4, 0.5) is 0 Å².